The number of nitrogens with zero attached hydrogens (tertiary/aromatic N) is 3. The van der Waals surface area contributed by atoms with Crippen LogP contribution in [0.5, 0.6) is 0 Å². The van der Waals surface area contributed by atoms with Crippen LogP contribution in [0.15, 0.2) is 48.2 Å². The summed E-state index contributed by atoms with van der Waals surface area (Å²) in [4.78, 5) is 21.1. The average molecular weight is 317 g/mol. The average Bonchev–Trinajstić information content (AvgIpc) is 2.74. The molecule has 0 fully saturated rings. The Morgan fingerprint density at radius 1 is 1.21 bits per heavy atom. The Morgan fingerprint density at radius 3 is 2.83 bits per heavy atom. The highest BCUT2D eigenvalue weighted by atomic mass is 16.2. The van der Waals surface area contributed by atoms with Gasteiger partial charge in [-0.3, -0.25) is 4.79 Å². The van der Waals surface area contributed by atoms with Crippen LogP contribution in [0.4, 0.5) is 11.5 Å². The molecule has 4 nitrogen and oxygen atoms in total. The highest BCUT2D eigenvalue weighted by Gasteiger charge is 2.35. The normalized spacial score (nSPS) is 14.8. The van der Waals surface area contributed by atoms with E-state index in [4.69, 9.17) is 0 Å². The van der Waals surface area contributed by atoms with Crippen molar-refractivity contribution in [3.63, 3.8) is 0 Å². The van der Waals surface area contributed by atoms with E-state index in [9.17, 15) is 4.79 Å². The van der Waals surface area contributed by atoms with Gasteiger partial charge in [-0.15, -0.1) is 0 Å². The molecule has 1 amide bonds. The summed E-state index contributed by atoms with van der Waals surface area (Å²) in [6.45, 7) is 4.91. The molecule has 2 aliphatic heterocycles. The van der Waals surface area contributed by atoms with Gasteiger partial charge in [-0.1, -0.05) is 17.7 Å². The van der Waals surface area contributed by atoms with Crippen molar-refractivity contribution in [1.82, 2.24) is 9.88 Å². The summed E-state index contributed by atoms with van der Waals surface area (Å²) in [5, 5.41) is 0. The molecule has 1 aromatic heterocycles. The highest BCUT2D eigenvalue weighted by molar-refractivity contribution is 6.15. The van der Waals surface area contributed by atoms with E-state index < -0.39 is 0 Å². The number of allylic oxidation sites excluding steroid dienone is 1. The fourth-order valence-corrected chi connectivity index (χ4v) is 3.31. The Labute approximate surface area is 141 Å². The van der Waals surface area contributed by atoms with E-state index in [1.54, 1.807) is 4.90 Å². The molecule has 0 bridgehead atoms. The van der Waals surface area contributed by atoms with Crippen molar-refractivity contribution in [3.8, 4) is 0 Å². The topological polar surface area (TPSA) is 36.4 Å². The lowest BCUT2D eigenvalue weighted by Crippen LogP contribution is -2.20. The Bertz CT molecular complexity index is 907. The SMILES string of the molecule is CC(C)=CCN1c2cccc3c2C(=Cc2cccnc21)N(C)C3=O. The second-order valence-electron chi connectivity index (χ2n) is 6.40. The molecule has 0 radical (unpaired) electrons. The van der Waals surface area contributed by atoms with Crippen LogP contribution in [0.1, 0.15) is 35.3 Å². The number of benzene rings is 1. The monoisotopic (exact) mass is 317 g/mol. The maximum Gasteiger partial charge on any atom is 0.258 e. The molecule has 24 heavy (non-hydrogen) atoms. The van der Waals surface area contributed by atoms with Crippen molar-refractivity contribution in [2.24, 2.45) is 0 Å². The van der Waals surface area contributed by atoms with Gasteiger partial charge in [0.05, 0.1) is 16.9 Å². The fourth-order valence-electron chi connectivity index (χ4n) is 3.31. The van der Waals surface area contributed by atoms with Crippen LogP contribution in [0.25, 0.3) is 11.8 Å². The zero-order valence-electron chi connectivity index (χ0n) is 14.1. The number of fused-ring (bicyclic) bond motifs is 1. The lowest BCUT2D eigenvalue weighted by molar-refractivity contribution is 0.0875. The molecule has 120 valence electrons. The third-order valence-corrected chi connectivity index (χ3v) is 4.53. The number of carbonyl (C=O) groups is 1. The lowest BCUT2D eigenvalue weighted by atomic mass is 10.0. The summed E-state index contributed by atoms with van der Waals surface area (Å²) < 4.78 is 0. The second-order valence-corrected chi connectivity index (χ2v) is 6.40. The summed E-state index contributed by atoms with van der Waals surface area (Å²) in [7, 11) is 1.83. The van der Waals surface area contributed by atoms with Gasteiger partial charge < -0.3 is 9.80 Å². The van der Waals surface area contributed by atoms with Crippen molar-refractivity contribution in [2.45, 2.75) is 13.8 Å². The first-order valence-electron chi connectivity index (χ1n) is 8.07. The first-order valence-corrected chi connectivity index (χ1v) is 8.07. The molecule has 2 aromatic rings. The summed E-state index contributed by atoms with van der Waals surface area (Å²) in [5.41, 5.74) is 6.02. The minimum atomic E-state index is 0.0487. The zero-order chi connectivity index (χ0) is 16.8. The van der Waals surface area contributed by atoms with Crippen LogP contribution in [0.3, 0.4) is 0 Å². The van der Waals surface area contributed by atoms with E-state index in [1.807, 2.05) is 37.5 Å². The van der Waals surface area contributed by atoms with E-state index >= 15 is 0 Å². The molecule has 0 spiro atoms. The van der Waals surface area contributed by atoms with Gasteiger partial charge in [-0.25, -0.2) is 4.98 Å². The van der Waals surface area contributed by atoms with Gasteiger partial charge in [-0.05, 0) is 44.2 Å². The molecule has 3 heterocycles. The Kier molecular flexibility index (Phi) is 3.27. The quantitative estimate of drug-likeness (QED) is 0.783. The molecule has 0 saturated heterocycles. The molecule has 0 atom stereocenters. The number of anilines is 2. The maximum atomic E-state index is 12.6. The van der Waals surface area contributed by atoms with E-state index in [-0.39, 0.29) is 5.91 Å². The first-order chi connectivity index (χ1) is 11.6. The van der Waals surface area contributed by atoms with Crippen LogP contribution in [-0.2, 0) is 0 Å². The number of carbonyl (C=O) groups excluding carboxylic acids is 1. The fraction of sp³-hybridized carbons (Fsp3) is 0.200. The van der Waals surface area contributed by atoms with Crippen molar-refractivity contribution < 1.29 is 4.79 Å². The highest BCUT2D eigenvalue weighted by Crippen LogP contribution is 2.44. The number of hydrogen-bond acceptors (Lipinski definition) is 3. The molecule has 2 aliphatic rings. The summed E-state index contributed by atoms with van der Waals surface area (Å²) in [5.74, 6) is 0.971. The van der Waals surface area contributed by atoms with Crippen molar-refractivity contribution >= 4 is 29.2 Å². The molecule has 0 N–H and O–H groups in total. The van der Waals surface area contributed by atoms with Crippen LogP contribution in [0.2, 0.25) is 0 Å². The summed E-state index contributed by atoms with van der Waals surface area (Å²) in [6.07, 6.45) is 6.07. The van der Waals surface area contributed by atoms with Gasteiger partial charge in [0.1, 0.15) is 5.82 Å². The molecule has 0 unspecified atom stereocenters. The molecule has 1 aromatic carbocycles. The molecular formula is C20H19N3O. The van der Waals surface area contributed by atoms with Crippen LogP contribution in [-0.4, -0.2) is 29.4 Å². The first kappa shape index (κ1) is 14.7. The van der Waals surface area contributed by atoms with Gasteiger partial charge in [0.15, 0.2) is 0 Å². The number of aromatic nitrogens is 1. The largest absolute Gasteiger partial charge is 0.321 e. The molecule has 4 heteroatoms. The van der Waals surface area contributed by atoms with Crippen LogP contribution >= 0.6 is 0 Å². The van der Waals surface area contributed by atoms with E-state index in [0.29, 0.717) is 0 Å². The van der Waals surface area contributed by atoms with Crippen molar-refractivity contribution in [1.29, 1.82) is 0 Å². The predicted molar refractivity (Wildman–Crippen MR) is 97.1 cm³/mol. The molecule has 0 saturated carbocycles. The molecular weight excluding hydrogens is 298 g/mol. The smallest absolute Gasteiger partial charge is 0.258 e. The van der Waals surface area contributed by atoms with Gasteiger partial charge in [-0.2, -0.15) is 0 Å². The molecule has 0 aliphatic carbocycles. The number of pyridine rings is 1. The number of amides is 1. The third-order valence-electron chi connectivity index (χ3n) is 4.53. The van der Waals surface area contributed by atoms with Gasteiger partial charge in [0.25, 0.3) is 5.91 Å². The Hall–Kier alpha value is -2.88. The van der Waals surface area contributed by atoms with Crippen LogP contribution in [0, 0.1) is 0 Å². The second kappa shape index (κ2) is 5.34. The van der Waals surface area contributed by atoms with Crippen LogP contribution < -0.4 is 4.90 Å². The predicted octanol–water partition coefficient (Wildman–Crippen LogP) is 4.08. The van der Waals surface area contributed by atoms with Gasteiger partial charge in [0, 0.05) is 30.9 Å². The van der Waals surface area contributed by atoms with E-state index in [1.165, 1.54) is 5.57 Å². The zero-order valence-corrected chi connectivity index (χ0v) is 14.1. The standard InChI is InChI=1S/C20H19N3O/c1-13(2)9-11-23-16-8-4-7-15-18(16)17(22(3)20(15)24)12-14-6-5-10-21-19(14)23/h4-10,12H,11H2,1-3H3. The Balaban J connectivity index is 2.01. The summed E-state index contributed by atoms with van der Waals surface area (Å²) >= 11 is 0. The van der Waals surface area contributed by atoms with E-state index in [2.05, 4.69) is 41.9 Å². The maximum absolute atomic E-state index is 12.6. The van der Waals surface area contributed by atoms with Gasteiger partial charge >= 0.3 is 0 Å². The minimum absolute atomic E-state index is 0.0487. The van der Waals surface area contributed by atoms with Gasteiger partial charge in [0.2, 0.25) is 0 Å². The minimum Gasteiger partial charge on any atom is -0.321 e. The van der Waals surface area contributed by atoms with Crippen molar-refractivity contribution in [2.75, 3.05) is 18.5 Å². The Morgan fingerprint density at radius 2 is 2.04 bits per heavy atom. The van der Waals surface area contributed by atoms with Crippen molar-refractivity contribution in [3.05, 3.63) is 64.9 Å². The lowest BCUT2D eigenvalue weighted by Gasteiger charge is -2.24. The summed E-state index contributed by atoms with van der Waals surface area (Å²) in [6, 6.07) is 9.91. The number of hydrogen-bond donors (Lipinski definition) is 0. The molecule has 4 rings (SSSR count). The van der Waals surface area contributed by atoms with E-state index in [0.717, 1.165) is 40.4 Å². The third kappa shape index (κ3) is 2.07. The number of rotatable bonds is 2.